The fraction of sp³-hybridized carbons (Fsp3) is 0. The smallest absolute Gasteiger partial charge is 0.322 e. The van der Waals surface area contributed by atoms with Crippen LogP contribution in [-0.4, -0.2) is 21.3 Å². The maximum Gasteiger partial charge on any atom is 0.322 e. The summed E-state index contributed by atoms with van der Waals surface area (Å²) in [6.45, 7) is 0. The van der Waals surface area contributed by atoms with Crippen molar-refractivity contribution in [1.82, 2.24) is 15.4 Å². The lowest BCUT2D eigenvalue weighted by Crippen LogP contribution is -2.11. The van der Waals surface area contributed by atoms with Crippen molar-refractivity contribution in [2.24, 2.45) is 0 Å². The van der Waals surface area contributed by atoms with Crippen LogP contribution < -0.4 is 5.32 Å². The number of aromatic nitrogens is 3. The number of anilines is 1. The summed E-state index contributed by atoms with van der Waals surface area (Å²) >= 11 is 5.75. The van der Waals surface area contributed by atoms with Crippen LogP contribution in [0.15, 0.2) is 45.5 Å². The van der Waals surface area contributed by atoms with Crippen LogP contribution in [0.2, 0.25) is 5.02 Å². The number of rotatable bonds is 3. The Balaban J connectivity index is 1.75. The summed E-state index contributed by atoms with van der Waals surface area (Å²) in [7, 11) is 0. The Kier molecular flexibility index (Phi) is 3.18. The van der Waals surface area contributed by atoms with Gasteiger partial charge in [0.25, 0.3) is 11.8 Å². The van der Waals surface area contributed by atoms with Gasteiger partial charge in [-0.3, -0.25) is 10.1 Å². The Labute approximate surface area is 117 Å². The van der Waals surface area contributed by atoms with Gasteiger partial charge in [0.05, 0.1) is 6.20 Å². The molecule has 0 saturated carbocycles. The molecule has 3 rings (SSSR count). The van der Waals surface area contributed by atoms with Crippen LogP contribution in [-0.2, 0) is 0 Å². The number of benzene rings is 1. The van der Waals surface area contributed by atoms with E-state index in [0.29, 0.717) is 16.3 Å². The number of carbonyl (C=O) groups is 1. The van der Waals surface area contributed by atoms with Crippen molar-refractivity contribution in [2.75, 3.05) is 5.32 Å². The molecule has 8 heteroatoms. The van der Waals surface area contributed by atoms with Gasteiger partial charge >= 0.3 is 6.01 Å². The molecular formula is C12H7ClN4O3. The van der Waals surface area contributed by atoms with E-state index in [0.717, 1.165) is 0 Å². The number of nitrogens with one attached hydrogen (secondary N) is 1. The van der Waals surface area contributed by atoms with Gasteiger partial charge in [-0.2, -0.15) is 0 Å². The quantitative estimate of drug-likeness (QED) is 0.797. The van der Waals surface area contributed by atoms with Crippen LogP contribution in [0.5, 0.6) is 0 Å². The van der Waals surface area contributed by atoms with Crippen molar-refractivity contribution in [1.29, 1.82) is 0 Å². The third-order valence-electron chi connectivity index (χ3n) is 2.40. The minimum atomic E-state index is -0.380. The molecule has 2 heterocycles. The average molecular weight is 291 g/mol. The Morgan fingerprint density at radius 2 is 1.95 bits per heavy atom. The van der Waals surface area contributed by atoms with Gasteiger partial charge in [0.15, 0.2) is 0 Å². The number of hydrogen-bond donors (Lipinski definition) is 1. The molecule has 3 aromatic rings. The first kappa shape index (κ1) is 12.4. The Bertz CT molecular complexity index is 722. The summed E-state index contributed by atoms with van der Waals surface area (Å²) in [5, 5.41) is 14.0. The third kappa shape index (κ3) is 2.52. The van der Waals surface area contributed by atoms with E-state index in [9.17, 15) is 4.79 Å². The lowest BCUT2D eigenvalue weighted by Gasteiger charge is -1.99. The highest BCUT2D eigenvalue weighted by Crippen LogP contribution is 2.19. The molecule has 0 radical (unpaired) electrons. The van der Waals surface area contributed by atoms with Gasteiger partial charge in [-0.25, -0.2) is 0 Å². The van der Waals surface area contributed by atoms with Gasteiger partial charge < -0.3 is 8.94 Å². The van der Waals surface area contributed by atoms with Gasteiger partial charge in [0.2, 0.25) is 5.76 Å². The van der Waals surface area contributed by atoms with E-state index in [4.69, 9.17) is 20.5 Å². The summed E-state index contributed by atoms with van der Waals surface area (Å²) in [6.07, 6.45) is 1.45. The first-order chi connectivity index (χ1) is 9.72. The predicted octanol–water partition coefficient (Wildman–Crippen LogP) is 2.63. The van der Waals surface area contributed by atoms with Crippen LogP contribution in [0.25, 0.3) is 11.7 Å². The van der Waals surface area contributed by atoms with Gasteiger partial charge in [0, 0.05) is 16.7 Å². The average Bonchev–Trinajstić information content (AvgIpc) is 3.09. The highest BCUT2D eigenvalue weighted by molar-refractivity contribution is 6.30. The van der Waals surface area contributed by atoms with Gasteiger partial charge in [-0.15, -0.1) is 5.10 Å². The van der Waals surface area contributed by atoms with Crippen molar-refractivity contribution in [3.05, 3.63) is 47.1 Å². The van der Waals surface area contributed by atoms with E-state index in [1.807, 2.05) is 0 Å². The normalized spacial score (nSPS) is 10.4. The molecule has 20 heavy (non-hydrogen) atoms. The van der Waals surface area contributed by atoms with Gasteiger partial charge in [-0.1, -0.05) is 21.9 Å². The number of carbonyl (C=O) groups excluding carboxylic acids is 1. The minimum Gasteiger partial charge on any atom is -0.400 e. The summed E-state index contributed by atoms with van der Waals surface area (Å²) < 4.78 is 10.1. The van der Waals surface area contributed by atoms with Crippen molar-refractivity contribution >= 4 is 23.5 Å². The van der Waals surface area contributed by atoms with Crippen molar-refractivity contribution in [2.45, 2.75) is 0 Å². The molecule has 1 amide bonds. The molecule has 1 N–H and O–H groups in total. The van der Waals surface area contributed by atoms with Crippen LogP contribution in [0, 0.1) is 0 Å². The van der Waals surface area contributed by atoms with Crippen molar-refractivity contribution in [3.63, 3.8) is 0 Å². The molecular weight excluding hydrogens is 284 g/mol. The molecule has 2 aromatic heterocycles. The van der Waals surface area contributed by atoms with Crippen molar-refractivity contribution < 1.29 is 13.7 Å². The maximum absolute atomic E-state index is 11.9. The largest absolute Gasteiger partial charge is 0.400 e. The molecule has 0 aliphatic rings. The lowest BCUT2D eigenvalue weighted by atomic mass is 10.2. The SMILES string of the molecule is O=C(Nc1nnc(-c2ccno2)o1)c1ccc(Cl)cc1. The first-order valence-electron chi connectivity index (χ1n) is 5.54. The number of hydrogen-bond acceptors (Lipinski definition) is 6. The van der Waals surface area contributed by atoms with E-state index < -0.39 is 0 Å². The summed E-state index contributed by atoms with van der Waals surface area (Å²) in [4.78, 5) is 11.9. The Morgan fingerprint density at radius 3 is 2.65 bits per heavy atom. The zero-order valence-corrected chi connectivity index (χ0v) is 10.7. The fourth-order valence-electron chi connectivity index (χ4n) is 1.47. The maximum atomic E-state index is 11.9. The van der Waals surface area contributed by atoms with E-state index in [1.165, 1.54) is 6.20 Å². The molecule has 0 unspecified atom stereocenters. The highest BCUT2D eigenvalue weighted by Gasteiger charge is 2.14. The molecule has 0 bridgehead atoms. The van der Waals surface area contributed by atoms with Gasteiger partial charge in [-0.05, 0) is 24.3 Å². The number of halogens is 1. The molecule has 0 fully saturated rings. The molecule has 7 nitrogen and oxygen atoms in total. The molecule has 0 saturated heterocycles. The van der Waals surface area contributed by atoms with E-state index >= 15 is 0 Å². The zero-order valence-electron chi connectivity index (χ0n) is 9.91. The minimum absolute atomic E-state index is 0.0312. The second-order valence-corrected chi connectivity index (χ2v) is 4.19. The zero-order chi connectivity index (χ0) is 13.9. The first-order valence-corrected chi connectivity index (χ1v) is 5.91. The van der Waals surface area contributed by atoms with Crippen molar-refractivity contribution in [3.8, 4) is 11.7 Å². The Morgan fingerprint density at radius 1 is 1.15 bits per heavy atom. The van der Waals surface area contributed by atoms with Crippen LogP contribution >= 0.6 is 11.6 Å². The summed E-state index contributed by atoms with van der Waals surface area (Å²) in [5.74, 6) is 0.0767. The van der Waals surface area contributed by atoms with E-state index in [1.54, 1.807) is 30.3 Å². The van der Waals surface area contributed by atoms with Crippen LogP contribution in [0.4, 0.5) is 6.01 Å². The standard InChI is InChI=1S/C12H7ClN4O3/c13-8-3-1-7(2-4-8)10(18)15-12-17-16-11(19-12)9-5-6-14-20-9/h1-6H,(H,15,17,18). The summed E-state index contributed by atoms with van der Waals surface area (Å²) in [5.41, 5.74) is 0.425. The molecule has 0 atom stereocenters. The fourth-order valence-corrected chi connectivity index (χ4v) is 1.60. The predicted molar refractivity (Wildman–Crippen MR) is 69.2 cm³/mol. The second kappa shape index (κ2) is 5.14. The molecule has 1 aromatic carbocycles. The van der Waals surface area contributed by atoms with Crippen LogP contribution in [0.3, 0.4) is 0 Å². The molecule has 100 valence electrons. The molecule has 0 spiro atoms. The monoisotopic (exact) mass is 290 g/mol. The van der Waals surface area contributed by atoms with Gasteiger partial charge in [0.1, 0.15) is 0 Å². The third-order valence-corrected chi connectivity index (χ3v) is 2.65. The summed E-state index contributed by atoms with van der Waals surface area (Å²) in [6, 6.07) is 7.94. The highest BCUT2D eigenvalue weighted by atomic mass is 35.5. The number of nitrogens with zero attached hydrogens (tertiary/aromatic N) is 3. The van der Waals surface area contributed by atoms with Crippen LogP contribution in [0.1, 0.15) is 10.4 Å². The molecule has 0 aliphatic carbocycles. The van der Waals surface area contributed by atoms with E-state index in [2.05, 4.69) is 20.7 Å². The van der Waals surface area contributed by atoms with E-state index in [-0.39, 0.29) is 17.8 Å². The lowest BCUT2D eigenvalue weighted by molar-refractivity contribution is 0.102. The number of amides is 1. The molecule has 0 aliphatic heterocycles. The second-order valence-electron chi connectivity index (χ2n) is 3.75. The Hall–Kier alpha value is -2.67. The topological polar surface area (TPSA) is 94.1 Å².